The Bertz CT molecular complexity index is 1330. The number of unbranched alkanes of at least 4 members (excludes halogenated alkanes) is 2. The Hall–Kier alpha value is -3.65. The molecule has 3 rings (SSSR count). The summed E-state index contributed by atoms with van der Waals surface area (Å²) < 4.78 is 29.2. The monoisotopic (exact) mass is 522 g/mol. The third-order valence-corrected chi connectivity index (χ3v) is 7.38. The molecule has 7 nitrogen and oxygen atoms in total. The molecule has 0 atom stereocenters. The number of hydrogen-bond donors (Lipinski definition) is 3. The van der Waals surface area contributed by atoms with Gasteiger partial charge in [-0.2, -0.15) is 0 Å². The fourth-order valence-corrected chi connectivity index (χ4v) is 5.18. The molecule has 0 bridgehead atoms. The first-order valence-corrected chi connectivity index (χ1v) is 14.0. The molecule has 8 heteroatoms. The Morgan fingerprint density at radius 1 is 0.865 bits per heavy atom. The number of amides is 1. The second kappa shape index (κ2) is 13.1. The predicted octanol–water partition coefficient (Wildman–Crippen LogP) is 5.19. The summed E-state index contributed by atoms with van der Waals surface area (Å²) in [5.41, 5.74) is 3.90. The normalized spacial score (nSPS) is 11.2. The zero-order chi connectivity index (χ0) is 26.8. The van der Waals surface area contributed by atoms with Gasteiger partial charge in [-0.25, -0.2) is 8.42 Å². The van der Waals surface area contributed by atoms with Gasteiger partial charge in [0.2, 0.25) is 0 Å². The summed E-state index contributed by atoms with van der Waals surface area (Å²) in [6, 6.07) is 19.0. The maximum absolute atomic E-state index is 13.3. The van der Waals surface area contributed by atoms with Gasteiger partial charge in [-0.05, 0) is 72.7 Å². The van der Waals surface area contributed by atoms with Crippen LogP contribution in [0.25, 0.3) is 0 Å². The van der Waals surface area contributed by atoms with Crippen molar-refractivity contribution in [3.63, 3.8) is 0 Å². The molecule has 3 aromatic carbocycles. The van der Waals surface area contributed by atoms with Gasteiger partial charge in [0.25, 0.3) is 15.9 Å². The molecular weight excluding hydrogens is 488 g/mol. The van der Waals surface area contributed by atoms with E-state index in [1.807, 2.05) is 25.1 Å². The molecule has 37 heavy (non-hydrogen) atoms. The van der Waals surface area contributed by atoms with Crippen LogP contribution in [0.15, 0.2) is 71.6 Å². The predicted molar refractivity (Wildman–Crippen MR) is 146 cm³/mol. The molecule has 0 spiro atoms. The number of aliphatic carboxylic acids is 1. The van der Waals surface area contributed by atoms with Crippen LogP contribution in [-0.4, -0.2) is 31.9 Å². The minimum Gasteiger partial charge on any atom is -0.481 e. The van der Waals surface area contributed by atoms with Crippen molar-refractivity contribution < 1.29 is 23.1 Å². The van der Waals surface area contributed by atoms with Gasteiger partial charge in [-0.15, -0.1) is 0 Å². The summed E-state index contributed by atoms with van der Waals surface area (Å²) in [5.74, 6) is -1.22. The fourth-order valence-electron chi connectivity index (χ4n) is 4.09. The Balaban J connectivity index is 1.91. The van der Waals surface area contributed by atoms with Gasteiger partial charge in [0.15, 0.2) is 0 Å². The van der Waals surface area contributed by atoms with Crippen LogP contribution in [0.2, 0.25) is 0 Å². The van der Waals surface area contributed by atoms with E-state index in [2.05, 4.69) is 17.0 Å². The standard InChI is InChI=1S/C29H34N2O5S/c1-3-5-6-8-21-11-15-26(16-12-21)37(35,36)31-27-20-25(29(34)30-4-2)14-13-24(27)18-22-9-7-10-23(17-22)19-28(32)33/h7,9-17,20,31H,3-6,8,18-19H2,1-2H3,(H,30,34)(H,32,33). The Labute approximate surface area is 219 Å². The van der Waals surface area contributed by atoms with Crippen molar-refractivity contribution >= 4 is 27.6 Å². The molecule has 0 aliphatic rings. The molecule has 0 heterocycles. The highest BCUT2D eigenvalue weighted by atomic mass is 32.2. The van der Waals surface area contributed by atoms with Crippen LogP contribution in [0.1, 0.15) is 65.7 Å². The summed E-state index contributed by atoms with van der Waals surface area (Å²) >= 11 is 0. The van der Waals surface area contributed by atoms with Gasteiger partial charge in [0, 0.05) is 12.1 Å². The molecule has 0 aliphatic heterocycles. The molecular formula is C29H34N2O5S. The van der Waals surface area contributed by atoms with E-state index in [0.29, 0.717) is 35.3 Å². The Morgan fingerprint density at radius 2 is 1.59 bits per heavy atom. The number of nitrogens with one attached hydrogen (secondary N) is 2. The number of anilines is 1. The van der Waals surface area contributed by atoms with Gasteiger partial charge in [-0.3, -0.25) is 14.3 Å². The summed E-state index contributed by atoms with van der Waals surface area (Å²) in [4.78, 5) is 23.7. The van der Waals surface area contributed by atoms with E-state index < -0.39 is 16.0 Å². The average Bonchev–Trinajstić information content (AvgIpc) is 2.85. The van der Waals surface area contributed by atoms with Crippen molar-refractivity contribution in [1.29, 1.82) is 0 Å². The van der Waals surface area contributed by atoms with Gasteiger partial charge < -0.3 is 10.4 Å². The van der Waals surface area contributed by atoms with Gasteiger partial charge >= 0.3 is 5.97 Å². The summed E-state index contributed by atoms with van der Waals surface area (Å²) in [5, 5.41) is 11.8. The lowest BCUT2D eigenvalue weighted by Gasteiger charge is -2.15. The molecule has 0 saturated carbocycles. The quantitative estimate of drug-likeness (QED) is 0.268. The minimum absolute atomic E-state index is 0.0993. The SMILES string of the molecule is CCCCCc1ccc(S(=O)(=O)Nc2cc(C(=O)NCC)ccc2Cc2cccc(CC(=O)O)c2)cc1. The number of carboxylic acid groups (broad SMARTS) is 1. The van der Waals surface area contributed by atoms with Crippen molar-refractivity contribution in [3.8, 4) is 0 Å². The maximum Gasteiger partial charge on any atom is 0.307 e. The van der Waals surface area contributed by atoms with E-state index in [0.717, 1.165) is 36.8 Å². The van der Waals surface area contributed by atoms with Gasteiger partial charge in [0.05, 0.1) is 17.0 Å². The Morgan fingerprint density at radius 3 is 2.27 bits per heavy atom. The number of aryl methyl sites for hydroxylation is 1. The molecule has 0 aliphatic carbocycles. The fraction of sp³-hybridized carbons (Fsp3) is 0.310. The van der Waals surface area contributed by atoms with Crippen molar-refractivity contribution in [2.45, 2.75) is 57.3 Å². The number of hydrogen-bond acceptors (Lipinski definition) is 4. The van der Waals surface area contributed by atoms with Crippen molar-refractivity contribution in [1.82, 2.24) is 5.32 Å². The van der Waals surface area contributed by atoms with E-state index in [4.69, 9.17) is 5.11 Å². The molecule has 3 N–H and O–H groups in total. The van der Waals surface area contributed by atoms with Crippen molar-refractivity contribution in [3.05, 3.63) is 94.5 Å². The summed E-state index contributed by atoms with van der Waals surface area (Å²) in [6.07, 6.45) is 4.48. The first kappa shape index (κ1) is 27.9. The number of carbonyl (C=O) groups is 2. The van der Waals surface area contributed by atoms with E-state index in [1.165, 1.54) is 6.07 Å². The zero-order valence-corrected chi connectivity index (χ0v) is 22.1. The van der Waals surface area contributed by atoms with E-state index >= 15 is 0 Å². The van der Waals surface area contributed by atoms with E-state index in [1.54, 1.807) is 42.5 Å². The van der Waals surface area contributed by atoms with E-state index in [-0.39, 0.29) is 17.2 Å². The third kappa shape index (κ3) is 8.18. The number of sulfonamides is 1. The molecule has 1 amide bonds. The number of carboxylic acids is 1. The average molecular weight is 523 g/mol. The highest BCUT2D eigenvalue weighted by molar-refractivity contribution is 7.92. The molecule has 196 valence electrons. The molecule has 3 aromatic rings. The zero-order valence-electron chi connectivity index (χ0n) is 21.3. The van der Waals surface area contributed by atoms with Crippen LogP contribution in [0.5, 0.6) is 0 Å². The van der Waals surface area contributed by atoms with Crippen molar-refractivity contribution in [2.24, 2.45) is 0 Å². The second-order valence-corrected chi connectivity index (χ2v) is 10.7. The largest absolute Gasteiger partial charge is 0.481 e. The third-order valence-electron chi connectivity index (χ3n) is 6.00. The number of benzene rings is 3. The topological polar surface area (TPSA) is 113 Å². The van der Waals surface area contributed by atoms with Crippen molar-refractivity contribution in [2.75, 3.05) is 11.3 Å². The minimum atomic E-state index is -3.91. The highest BCUT2D eigenvalue weighted by Crippen LogP contribution is 2.25. The van der Waals surface area contributed by atoms with Crippen LogP contribution >= 0.6 is 0 Å². The van der Waals surface area contributed by atoms with Crippen LogP contribution in [0.4, 0.5) is 5.69 Å². The second-order valence-electron chi connectivity index (χ2n) is 9.01. The molecule has 0 unspecified atom stereocenters. The first-order chi connectivity index (χ1) is 17.7. The summed E-state index contributed by atoms with van der Waals surface area (Å²) in [7, 11) is -3.91. The maximum atomic E-state index is 13.3. The lowest BCUT2D eigenvalue weighted by Crippen LogP contribution is -2.23. The van der Waals surface area contributed by atoms with Gasteiger partial charge in [-0.1, -0.05) is 62.2 Å². The molecule has 0 saturated heterocycles. The first-order valence-electron chi connectivity index (χ1n) is 12.5. The van der Waals surface area contributed by atoms with Gasteiger partial charge in [0.1, 0.15) is 0 Å². The Kier molecular flexibility index (Phi) is 9.85. The highest BCUT2D eigenvalue weighted by Gasteiger charge is 2.18. The van der Waals surface area contributed by atoms with Crippen LogP contribution < -0.4 is 10.0 Å². The number of carbonyl (C=O) groups excluding carboxylic acids is 1. The lowest BCUT2D eigenvalue weighted by atomic mass is 9.99. The lowest BCUT2D eigenvalue weighted by molar-refractivity contribution is -0.136. The molecule has 0 aromatic heterocycles. The van der Waals surface area contributed by atoms with Crippen LogP contribution in [-0.2, 0) is 34.1 Å². The molecule has 0 fully saturated rings. The summed E-state index contributed by atoms with van der Waals surface area (Å²) in [6.45, 7) is 4.40. The van der Waals surface area contributed by atoms with Crippen LogP contribution in [0, 0.1) is 0 Å². The molecule has 0 radical (unpaired) electrons. The smallest absolute Gasteiger partial charge is 0.307 e. The number of rotatable bonds is 13. The van der Waals surface area contributed by atoms with Crippen LogP contribution in [0.3, 0.4) is 0 Å². The van der Waals surface area contributed by atoms with E-state index in [9.17, 15) is 18.0 Å².